The molecule has 0 saturated heterocycles. The quantitative estimate of drug-likeness (QED) is 0.0320. The van der Waals surface area contributed by atoms with Crippen LogP contribution in [0.4, 0.5) is 0 Å². The molecule has 0 fully saturated rings. The van der Waals surface area contributed by atoms with E-state index in [2.05, 4.69) is 43.5 Å². The number of hydrogen-bond donors (Lipinski definition) is 3. The molecule has 0 aliphatic carbocycles. The number of aliphatic hydroxyl groups is 2. The Morgan fingerprint density at radius 1 is 0.284 bits per heavy atom. The molecule has 0 saturated carbocycles. The molecule has 2 atom stereocenters. The second kappa shape index (κ2) is 84.5. The van der Waals surface area contributed by atoms with Gasteiger partial charge in [-0.1, -0.05) is 436 Å². The summed E-state index contributed by atoms with van der Waals surface area (Å²) in [6, 6.07) is -0.626. The van der Waals surface area contributed by atoms with Gasteiger partial charge < -0.3 is 20.3 Å². The molecule has 562 valence electrons. The van der Waals surface area contributed by atoms with Gasteiger partial charge in [-0.05, 0) is 83.5 Å². The van der Waals surface area contributed by atoms with Crippen molar-refractivity contribution in [3.8, 4) is 0 Å². The van der Waals surface area contributed by atoms with Gasteiger partial charge in [0.1, 0.15) is 0 Å². The minimum absolute atomic E-state index is 0.0199. The molecule has 0 bridgehead atoms. The smallest absolute Gasteiger partial charge is 0.305 e. The predicted octanol–water partition coefficient (Wildman–Crippen LogP) is 29.3. The van der Waals surface area contributed by atoms with Crippen molar-refractivity contribution in [3.63, 3.8) is 0 Å². The molecule has 0 aromatic carbocycles. The fraction of sp³-hybridized carbons (Fsp3) is 0.910. The Labute approximate surface area is 595 Å². The average Bonchev–Trinajstić information content (AvgIpc) is 3.51. The van der Waals surface area contributed by atoms with Gasteiger partial charge in [0, 0.05) is 12.8 Å². The van der Waals surface area contributed by atoms with Crippen LogP contribution in [0.5, 0.6) is 0 Å². The van der Waals surface area contributed by atoms with Gasteiger partial charge >= 0.3 is 5.97 Å². The fourth-order valence-electron chi connectivity index (χ4n) is 14.0. The van der Waals surface area contributed by atoms with E-state index in [9.17, 15) is 19.8 Å². The maximum Gasteiger partial charge on any atom is 0.305 e. The highest BCUT2D eigenvalue weighted by atomic mass is 16.5. The Kier molecular flexibility index (Phi) is 82.8. The number of nitrogens with one attached hydrogen (secondary N) is 1. The molecular weight excluding hydrogens is 1160 g/mol. The summed E-state index contributed by atoms with van der Waals surface area (Å²) in [7, 11) is 0. The van der Waals surface area contributed by atoms with Gasteiger partial charge in [-0.25, -0.2) is 0 Å². The molecule has 0 heterocycles. The normalized spacial score (nSPS) is 12.6. The summed E-state index contributed by atoms with van der Waals surface area (Å²) in [5.74, 6) is -0.0385. The average molecular weight is 1340 g/mol. The summed E-state index contributed by atoms with van der Waals surface area (Å²) in [4.78, 5) is 24.7. The van der Waals surface area contributed by atoms with Crippen LogP contribution in [-0.4, -0.2) is 47.4 Å². The number of rotatable bonds is 83. The van der Waals surface area contributed by atoms with Crippen LogP contribution in [0, 0.1) is 0 Å². The molecule has 0 rings (SSSR count). The molecule has 0 aliphatic rings. The van der Waals surface area contributed by atoms with Crippen LogP contribution >= 0.6 is 0 Å². The molecular formula is C89H171NO5. The third kappa shape index (κ3) is 80.9. The standard InChI is InChI=1S/C89H171NO5/c1-3-5-7-9-11-13-15-17-19-21-22-23-43-46-50-53-57-61-65-69-73-77-81-87(92)86(85-91)90-88(93)82-78-74-70-66-62-58-54-51-47-44-41-39-37-35-33-31-29-27-25-24-26-28-30-32-34-36-38-40-42-45-48-52-56-60-64-68-72-76-80-84-95-89(94)83-79-75-71-67-63-59-55-49-20-18-16-14-12-10-8-6-4-2/h18,20,24-25,77,81,86-87,91-92H,3-17,19,21-23,26-76,78-80,82-85H2,1-2H3,(H,90,93)/b20-18-,25-24-,81-77+. The summed E-state index contributed by atoms with van der Waals surface area (Å²) in [5, 5.41) is 23.3. The number of hydrogen-bond acceptors (Lipinski definition) is 5. The first kappa shape index (κ1) is 93.1. The van der Waals surface area contributed by atoms with Crippen molar-refractivity contribution in [2.45, 2.75) is 508 Å². The van der Waals surface area contributed by atoms with Crippen LogP contribution in [0.3, 0.4) is 0 Å². The number of aliphatic hydroxyl groups excluding tert-OH is 2. The van der Waals surface area contributed by atoms with Gasteiger partial charge in [0.25, 0.3) is 0 Å². The van der Waals surface area contributed by atoms with Crippen LogP contribution in [0.25, 0.3) is 0 Å². The first-order chi connectivity index (χ1) is 47.0. The zero-order valence-corrected chi connectivity index (χ0v) is 64.7. The molecule has 0 aromatic rings. The molecule has 95 heavy (non-hydrogen) atoms. The highest BCUT2D eigenvalue weighted by molar-refractivity contribution is 5.76. The molecule has 0 spiro atoms. The van der Waals surface area contributed by atoms with Gasteiger partial charge in [0.2, 0.25) is 5.91 Å². The van der Waals surface area contributed by atoms with Crippen LogP contribution in [0.1, 0.15) is 495 Å². The first-order valence-electron chi connectivity index (χ1n) is 43.8. The number of amides is 1. The Hall–Kier alpha value is -1.92. The molecule has 6 heteroatoms. The molecule has 0 radical (unpaired) electrons. The predicted molar refractivity (Wildman–Crippen MR) is 421 cm³/mol. The van der Waals surface area contributed by atoms with E-state index >= 15 is 0 Å². The van der Waals surface area contributed by atoms with Crippen LogP contribution in [-0.2, 0) is 14.3 Å². The second-order valence-corrected chi connectivity index (χ2v) is 30.2. The van der Waals surface area contributed by atoms with Gasteiger partial charge in [0.15, 0.2) is 0 Å². The minimum Gasteiger partial charge on any atom is -0.466 e. The molecule has 6 nitrogen and oxygen atoms in total. The summed E-state index contributed by atoms with van der Waals surface area (Å²) >= 11 is 0. The number of carbonyl (C=O) groups is 2. The summed E-state index contributed by atoms with van der Waals surface area (Å²) in [6.45, 7) is 4.96. The van der Waals surface area contributed by atoms with E-state index in [0.717, 1.165) is 38.5 Å². The Morgan fingerprint density at radius 3 is 0.747 bits per heavy atom. The number of carbonyl (C=O) groups excluding carboxylic acids is 2. The van der Waals surface area contributed by atoms with E-state index in [1.54, 1.807) is 6.08 Å². The number of allylic oxidation sites excluding steroid dienone is 5. The van der Waals surface area contributed by atoms with Gasteiger partial charge in [-0.2, -0.15) is 0 Å². The van der Waals surface area contributed by atoms with Crippen molar-refractivity contribution in [1.82, 2.24) is 5.32 Å². The maximum atomic E-state index is 12.6. The van der Waals surface area contributed by atoms with Crippen LogP contribution < -0.4 is 5.32 Å². The Balaban J connectivity index is 3.34. The van der Waals surface area contributed by atoms with Crippen molar-refractivity contribution in [1.29, 1.82) is 0 Å². The lowest BCUT2D eigenvalue weighted by Crippen LogP contribution is -2.45. The highest BCUT2D eigenvalue weighted by Crippen LogP contribution is 2.21. The van der Waals surface area contributed by atoms with Gasteiger partial charge in [-0.3, -0.25) is 9.59 Å². The highest BCUT2D eigenvalue weighted by Gasteiger charge is 2.18. The van der Waals surface area contributed by atoms with E-state index in [0.29, 0.717) is 19.4 Å². The van der Waals surface area contributed by atoms with E-state index < -0.39 is 12.1 Å². The minimum atomic E-state index is -0.843. The van der Waals surface area contributed by atoms with Crippen molar-refractivity contribution in [3.05, 3.63) is 36.5 Å². The van der Waals surface area contributed by atoms with E-state index in [4.69, 9.17) is 4.74 Å². The van der Waals surface area contributed by atoms with Crippen molar-refractivity contribution < 1.29 is 24.5 Å². The third-order valence-electron chi connectivity index (χ3n) is 20.6. The zero-order valence-electron chi connectivity index (χ0n) is 64.7. The SMILES string of the molecule is CCCCCCCC/C=C\CCCCCCCCCC(=O)OCCCCCCCCCCCCCCCCCCCC/C=C\CCCCCCCCCCCCCCCCCCCC(=O)NC(CO)C(O)/C=C/CCCCCCCCCCCCCCCCCCCCCC. The molecule has 0 aromatic heterocycles. The van der Waals surface area contributed by atoms with E-state index in [-0.39, 0.29) is 18.5 Å². The summed E-state index contributed by atoms with van der Waals surface area (Å²) in [6.07, 6.45) is 112. The third-order valence-corrected chi connectivity index (χ3v) is 20.6. The van der Waals surface area contributed by atoms with Crippen LogP contribution in [0.15, 0.2) is 36.5 Å². The Morgan fingerprint density at radius 2 is 0.495 bits per heavy atom. The lowest BCUT2D eigenvalue weighted by Gasteiger charge is -2.20. The topological polar surface area (TPSA) is 95.9 Å². The molecule has 2 unspecified atom stereocenters. The number of unbranched alkanes of at least 4 members (excludes halogenated alkanes) is 68. The van der Waals surface area contributed by atoms with Crippen molar-refractivity contribution >= 4 is 11.9 Å². The zero-order chi connectivity index (χ0) is 68.4. The Bertz CT molecular complexity index is 1540. The summed E-state index contributed by atoms with van der Waals surface area (Å²) in [5.41, 5.74) is 0. The lowest BCUT2D eigenvalue weighted by molar-refractivity contribution is -0.143. The number of esters is 1. The van der Waals surface area contributed by atoms with Gasteiger partial charge in [0.05, 0.1) is 25.4 Å². The summed E-state index contributed by atoms with van der Waals surface area (Å²) < 4.78 is 5.51. The maximum absolute atomic E-state index is 12.6. The second-order valence-electron chi connectivity index (χ2n) is 30.2. The number of ether oxygens (including phenoxy) is 1. The molecule has 1 amide bonds. The van der Waals surface area contributed by atoms with E-state index in [1.165, 1.54) is 430 Å². The molecule has 3 N–H and O–H groups in total. The van der Waals surface area contributed by atoms with Gasteiger partial charge in [-0.15, -0.1) is 0 Å². The van der Waals surface area contributed by atoms with E-state index in [1.807, 2.05) is 6.08 Å². The fourth-order valence-corrected chi connectivity index (χ4v) is 14.0. The molecule has 0 aliphatic heterocycles. The largest absolute Gasteiger partial charge is 0.466 e. The van der Waals surface area contributed by atoms with Crippen molar-refractivity contribution in [2.75, 3.05) is 13.2 Å². The van der Waals surface area contributed by atoms with Crippen LogP contribution in [0.2, 0.25) is 0 Å². The lowest BCUT2D eigenvalue weighted by atomic mass is 10.0. The van der Waals surface area contributed by atoms with Crippen molar-refractivity contribution in [2.24, 2.45) is 0 Å². The first-order valence-corrected chi connectivity index (χ1v) is 43.8. The monoisotopic (exact) mass is 1330 g/mol.